The highest BCUT2D eigenvalue weighted by Crippen LogP contribution is 2.24. The fourth-order valence-electron chi connectivity index (χ4n) is 2.93. The topological polar surface area (TPSA) is 78.9 Å². The van der Waals surface area contributed by atoms with E-state index in [0.29, 0.717) is 48.3 Å². The Kier molecular flexibility index (Phi) is 9.39. The Bertz CT molecular complexity index is 913. The maximum absolute atomic E-state index is 14.0. The van der Waals surface area contributed by atoms with Crippen LogP contribution in [0.5, 0.6) is 0 Å². The average Bonchev–Trinajstić information content (AvgIpc) is 3.10. The maximum Gasteiger partial charge on any atom is 0.350 e. The van der Waals surface area contributed by atoms with Crippen molar-refractivity contribution in [2.24, 2.45) is 4.99 Å². The zero-order chi connectivity index (χ0) is 23.0. The van der Waals surface area contributed by atoms with Crippen molar-refractivity contribution in [2.75, 3.05) is 27.2 Å². The first kappa shape index (κ1) is 24.7. The summed E-state index contributed by atoms with van der Waals surface area (Å²) in [5, 5.41) is 7.32. The number of benzene rings is 1. The van der Waals surface area contributed by atoms with E-state index < -0.39 is 0 Å². The molecule has 0 saturated heterocycles. The molecule has 1 atom stereocenters. The quantitative estimate of drug-likeness (QED) is 0.346. The molecule has 0 amide bonds. The summed E-state index contributed by atoms with van der Waals surface area (Å²) in [5.74, 6) is 0.0667. The maximum atomic E-state index is 14.0. The SMILES string of the molecule is CCNC(=NCc1ccc(F)c(CN(C)C)c1)NC(C)c1nc(C)c(C(=O)OCC)s1. The van der Waals surface area contributed by atoms with Crippen LogP contribution in [0.2, 0.25) is 0 Å². The Morgan fingerprint density at radius 2 is 2.10 bits per heavy atom. The number of aromatic nitrogens is 1. The third-order valence-corrected chi connectivity index (χ3v) is 5.68. The number of guanidine groups is 1. The fraction of sp³-hybridized carbons (Fsp3) is 0.500. The van der Waals surface area contributed by atoms with E-state index in [4.69, 9.17) is 4.74 Å². The Morgan fingerprint density at radius 3 is 2.74 bits per heavy atom. The van der Waals surface area contributed by atoms with Crippen LogP contribution in [0, 0.1) is 12.7 Å². The van der Waals surface area contributed by atoms with E-state index in [-0.39, 0.29) is 17.8 Å². The van der Waals surface area contributed by atoms with Crippen LogP contribution in [0.1, 0.15) is 58.3 Å². The number of rotatable bonds is 9. The van der Waals surface area contributed by atoms with Gasteiger partial charge in [0.25, 0.3) is 0 Å². The highest BCUT2D eigenvalue weighted by Gasteiger charge is 2.20. The number of ether oxygens (including phenoxy) is 1. The molecule has 1 unspecified atom stereocenters. The zero-order valence-electron chi connectivity index (χ0n) is 19.1. The lowest BCUT2D eigenvalue weighted by atomic mass is 10.1. The minimum absolute atomic E-state index is 0.151. The van der Waals surface area contributed by atoms with E-state index in [1.807, 2.05) is 38.9 Å². The number of carbonyl (C=O) groups is 1. The fourth-order valence-corrected chi connectivity index (χ4v) is 3.90. The lowest BCUT2D eigenvalue weighted by molar-refractivity contribution is 0.0531. The van der Waals surface area contributed by atoms with E-state index in [1.54, 1.807) is 19.9 Å². The van der Waals surface area contributed by atoms with Crippen LogP contribution in [0.15, 0.2) is 23.2 Å². The van der Waals surface area contributed by atoms with E-state index in [2.05, 4.69) is 20.6 Å². The monoisotopic (exact) mass is 449 g/mol. The van der Waals surface area contributed by atoms with Crippen molar-refractivity contribution in [3.8, 4) is 0 Å². The number of carbonyl (C=O) groups excluding carboxylic acids is 1. The molecule has 0 bridgehead atoms. The van der Waals surface area contributed by atoms with Gasteiger partial charge in [0.05, 0.1) is 24.9 Å². The molecule has 1 aromatic carbocycles. The summed E-state index contributed by atoms with van der Waals surface area (Å²) < 4.78 is 19.1. The molecule has 1 aromatic heterocycles. The first-order valence-electron chi connectivity index (χ1n) is 10.4. The molecule has 0 saturated carbocycles. The Morgan fingerprint density at radius 1 is 1.35 bits per heavy atom. The molecule has 31 heavy (non-hydrogen) atoms. The highest BCUT2D eigenvalue weighted by molar-refractivity contribution is 7.13. The average molecular weight is 450 g/mol. The van der Waals surface area contributed by atoms with Crippen LogP contribution in [-0.2, 0) is 17.8 Å². The molecular formula is C22H32FN5O2S. The van der Waals surface area contributed by atoms with Gasteiger partial charge in [0.15, 0.2) is 5.96 Å². The summed E-state index contributed by atoms with van der Waals surface area (Å²) in [5.41, 5.74) is 2.24. The molecule has 2 aromatic rings. The predicted molar refractivity (Wildman–Crippen MR) is 123 cm³/mol. The van der Waals surface area contributed by atoms with Gasteiger partial charge in [-0.25, -0.2) is 19.2 Å². The van der Waals surface area contributed by atoms with Gasteiger partial charge >= 0.3 is 5.97 Å². The molecule has 0 aliphatic rings. The van der Waals surface area contributed by atoms with Crippen molar-refractivity contribution in [3.05, 3.63) is 50.7 Å². The molecule has 1 heterocycles. The molecule has 2 rings (SSSR count). The summed E-state index contributed by atoms with van der Waals surface area (Å²) in [4.78, 5) is 23.7. The van der Waals surface area contributed by atoms with Gasteiger partial charge in [0, 0.05) is 18.7 Å². The number of halogens is 1. The normalized spacial score (nSPS) is 12.7. The number of esters is 1. The number of thiazole rings is 1. The highest BCUT2D eigenvalue weighted by atomic mass is 32.1. The van der Waals surface area contributed by atoms with Gasteiger partial charge in [-0.3, -0.25) is 0 Å². The lowest BCUT2D eigenvalue weighted by Gasteiger charge is -2.16. The first-order chi connectivity index (χ1) is 14.7. The van der Waals surface area contributed by atoms with Crippen LogP contribution in [0.25, 0.3) is 0 Å². The van der Waals surface area contributed by atoms with Crippen LogP contribution in [0.3, 0.4) is 0 Å². The molecule has 0 fully saturated rings. The lowest BCUT2D eigenvalue weighted by Crippen LogP contribution is -2.38. The Balaban J connectivity index is 2.13. The molecule has 0 radical (unpaired) electrons. The molecule has 0 aliphatic heterocycles. The van der Waals surface area contributed by atoms with E-state index in [0.717, 1.165) is 10.6 Å². The standard InChI is InChI=1S/C22H32FN5O2S/c1-7-24-22(25-12-16-9-10-18(23)17(11-16)13-28(5)6)27-15(4)20-26-14(3)19(31-20)21(29)30-8-2/h9-11,15H,7-8,12-13H2,1-6H3,(H2,24,25,27). The van der Waals surface area contributed by atoms with Gasteiger partial charge in [-0.05, 0) is 59.5 Å². The second kappa shape index (κ2) is 11.8. The van der Waals surface area contributed by atoms with Crippen LogP contribution >= 0.6 is 11.3 Å². The van der Waals surface area contributed by atoms with E-state index >= 15 is 0 Å². The number of nitrogens with one attached hydrogen (secondary N) is 2. The summed E-state index contributed by atoms with van der Waals surface area (Å²) in [6.45, 7) is 9.50. The second-order valence-electron chi connectivity index (χ2n) is 7.41. The first-order valence-corrected chi connectivity index (χ1v) is 11.2. The summed E-state index contributed by atoms with van der Waals surface area (Å²) >= 11 is 1.32. The minimum Gasteiger partial charge on any atom is -0.462 e. The number of hydrogen-bond donors (Lipinski definition) is 2. The Labute approximate surface area is 187 Å². The molecule has 0 spiro atoms. The molecule has 7 nitrogen and oxygen atoms in total. The van der Waals surface area contributed by atoms with Crippen molar-refractivity contribution in [1.29, 1.82) is 0 Å². The molecular weight excluding hydrogens is 417 g/mol. The predicted octanol–water partition coefficient (Wildman–Crippen LogP) is 3.65. The smallest absolute Gasteiger partial charge is 0.350 e. The second-order valence-corrected chi connectivity index (χ2v) is 8.44. The molecule has 170 valence electrons. The molecule has 9 heteroatoms. The van der Waals surface area contributed by atoms with Crippen molar-refractivity contribution < 1.29 is 13.9 Å². The van der Waals surface area contributed by atoms with Crippen molar-refractivity contribution in [1.82, 2.24) is 20.5 Å². The van der Waals surface area contributed by atoms with Crippen molar-refractivity contribution >= 4 is 23.3 Å². The number of nitrogens with zero attached hydrogens (tertiary/aromatic N) is 3. The number of aliphatic imine (C=N–C) groups is 1. The zero-order valence-corrected chi connectivity index (χ0v) is 19.9. The van der Waals surface area contributed by atoms with Gasteiger partial charge in [-0.1, -0.05) is 6.07 Å². The molecule has 2 N–H and O–H groups in total. The van der Waals surface area contributed by atoms with Gasteiger partial charge in [-0.15, -0.1) is 11.3 Å². The van der Waals surface area contributed by atoms with E-state index in [9.17, 15) is 9.18 Å². The summed E-state index contributed by atoms with van der Waals surface area (Å²) in [6, 6.07) is 4.94. The van der Waals surface area contributed by atoms with Gasteiger partial charge in [0.1, 0.15) is 15.7 Å². The van der Waals surface area contributed by atoms with E-state index in [1.165, 1.54) is 17.4 Å². The van der Waals surface area contributed by atoms with Crippen LogP contribution < -0.4 is 10.6 Å². The largest absolute Gasteiger partial charge is 0.462 e. The van der Waals surface area contributed by atoms with Gasteiger partial charge in [-0.2, -0.15) is 0 Å². The Hall–Kier alpha value is -2.52. The van der Waals surface area contributed by atoms with Crippen LogP contribution in [-0.4, -0.2) is 49.1 Å². The number of aryl methyl sites for hydroxylation is 1. The minimum atomic E-state index is -0.346. The third kappa shape index (κ3) is 7.29. The van der Waals surface area contributed by atoms with Crippen molar-refractivity contribution in [3.63, 3.8) is 0 Å². The summed E-state index contributed by atoms with van der Waals surface area (Å²) in [7, 11) is 3.82. The van der Waals surface area contributed by atoms with Gasteiger partial charge in [0.2, 0.25) is 0 Å². The summed E-state index contributed by atoms with van der Waals surface area (Å²) in [6.07, 6.45) is 0. The van der Waals surface area contributed by atoms with Crippen LogP contribution in [0.4, 0.5) is 4.39 Å². The number of hydrogen-bond acceptors (Lipinski definition) is 6. The molecule has 0 aliphatic carbocycles. The van der Waals surface area contributed by atoms with Gasteiger partial charge < -0.3 is 20.3 Å². The van der Waals surface area contributed by atoms with Crippen molar-refractivity contribution in [2.45, 2.75) is 46.8 Å². The third-order valence-electron chi connectivity index (χ3n) is 4.36.